The van der Waals surface area contributed by atoms with Crippen LogP contribution >= 0.6 is 0 Å². The zero-order valence-electron chi connectivity index (χ0n) is 23.8. The second-order valence-corrected chi connectivity index (χ2v) is 19.2. The summed E-state index contributed by atoms with van der Waals surface area (Å²) < 4.78 is 20.4. The summed E-state index contributed by atoms with van der Waals surface area (Å²) in [4.78, 5) is 0. The highest BCUT2D eigenvalue weighted by Crippen LogP contribution is 2.33. The van der Waals surface area contributed by atoms with Crippen LogP contribution in [0.25, 0.3) is 0 Å². The van der Waals surface area contributed by atoms with Gasteiger partial charge in [0.05, 0.1) is 0 Å². The first-order valence-corrected chi connectivity index (χ1v) is 19.8. The van der Waals surface area contributed by atoms with Crippen molar-refractivity contribution in [1.82, 2.24) is 0 Å². The van der Waals surface area contributed by atoms with Crippen molar-refractivity contribution in [3.8, 4) is 17.2 Å². The maximum absolute atomic E-state index is 6.81. The first kappa shape index (κ1) is 30.3. The third-order valence-corrected chi connectivity index (χ3v) is 16.3. The fourth-order valence-corrected chi connectivity index (χ4v) is 11.2. The van der Waals surface area contributed by atoms with Gasteiger partial charge < -0.3 is 13.3 Å². The van der Waals surface area contributed by atoms with Crippen LogP contribution in [-0.2, 0) is 0 Å². The Morgan fingerprint density at radius 3 is 0.762 bits per heavy atom. The van der Waals surface area contributed by atoms with Crippen molar-refractivity contribution in [1.29, 1.82) is 0 Å². The first-order chi connectivity index (χ1) is 20.4. The average molecular weight is 601 g/mol. The van der Waals surface area contributed by atoms with Crippen LogP contribution in [0.1, 0.15) is 0 Å². The van der Waals surface area contributed by atoms with Crippen molar-refractivity contribution in [2.24, 2.45) is 0 Å². The fraction of sp³-hybridized carbons (Fsp3) is 0. The Kier molecular flexibility index (Phi) is 9.64. The molecule has 4 aromatic rings. The Hall–Kier alpha value is -4.63. The minimum Gasteiger partial charge on any atom is -0.531 e. The van der Waals surface area contributed by atoms with E-state index < -0.39 is 25.0 Å². The van der Waals surface area contributed by atoms with Crippen molar-refractivity contribution in [3.63, 3.8) is 0 Å². The van der Waals surface area contributed by atoms with Crippen molar-refractivity contribution >= 4 is 40.5 Å². The van der Waals surface area contributed by atoms with E-state index in [4.69, 9.17) is 13.3 Å². The number of rotatable bonds is 15. The van der Waals surface area contributed by atoms with Crippen LogP contribution in [0.2, 0.25) is 0 Å². The van der Waals surface area contributed by atoms with Crippen molar-refractivity contribution in [2.75, 3.05) is 0 Å². The Morgan fingerprint density at radius 2 is 0.571 bits per heavy atom. The Labute approximate surface area is 253 Å². The molecule has 0 aromatic heterocycles. The van der Waals surface area contributed by atoms with Gasteiger partial charge in [0.25, 0.3) is 0 Å². The molecule has 0 aliphatic rings. The van der Waals surface area contributed by atoms with E-state index in [0.29, 0.717) is 17.2 Å². The molecule has 0 aliphatic carbocycles. The second kappa shape index (κ2) is 13.4. The molecule has 0 atom stereocenters. The van der Waals surface area contributed by atoms with Crippen molar-refractivity contribution in [3.05, 3.63) is 183 Å². The highest BCUT2D eigenvalue weighted by molar-refractivity contribution is 6.96. The minimum absolute atomic E-state index is 0.575. The van der Waals surface area contributed by atoms with E-state index in [1.165, 1.54) is 0 Å². The zero-order chi connectivity index (χ0) is 30.1. The summed E-state index contributed by atoms with van der Waals surface area (Å²) in [5.41, 5.74) is 11.2. The molecule has 4 aromatic carbocycles. The van der Waals surface area contributed by atoms with Crippen LogP contribution < -0.4 is 28.8 Å². The van der Waals surface area contributed by atoms with Gasteiger partial charge in [-0.1, -0.05) is 125 Å². The lowest BCUT2D eigenvalue weighted by Crippen LogP contribution is -2.51. The predicted molar refractivity (Wildman–Crippen MR) is 185 cm³/mol. The number of hydrogen-bond donors (Lipinski definition) is 0. The fourth-order valence-electron chi connectivity index (χ4n) is 4.79. The molecular weight excluding hydrogens is 565 g/mol. The topological polar surface area (TPSA) is 27.7 Å². The van der Waals surface area contributed by atoms with Gasteiger partial charge >= 0.3 is 25.0 Å². The molecule has 6 heteroatoms. The maximum atomic E-state index is 6.81. The monoisotopic (exact) mass is 600 g/mol. The summed E-state index contributed by atoms with van der Waals surface area (Å²) in [6.45, 7) is 24.8. The molecule has 0 amide bonds. The molecule has 210 valence electrons. The Morgan fingerprint density at radius 1 is 0.357 bits per heavy atom. The van der Waals surface area contributed by atoms with Crippen LogP contribution in [0.15, 0.2) is 183 Å². The Balaban J connectivity index is 1.87. The maximum Gasteiger partial charge on any atom is 0.331 e. The van der Waals surface area contributed by atoms with Crippen LogP contribution in [0.4, 0.5) is 0 Å². The van der Waals surface area contributed by atoms with E-state index in [0.717, 1.165) is 15.6 Å². The zero-order valence-corrected chi connectivity index (χ0v) is 26.8. The molecule has 42 heavy (non-hydrogen) atoms. The van der Waals surface area contributed by atoms with E-state index in [1.54, 1.807) is 0 Å². The lowest BCUT2D eigenvalue weighted by Gasteiger charge is -2.30. The van der Waals surface area contributed by atoms with Crippen LogP contribution in [-0.4, -0.2) is 25.0 Å². The first-order valence-electron chi connectivity index (χ1n) is 13.6. The van der Waals surface area contributed by atoms with Gasteiger partial charge in [0, 0.05) is 18.2 Å². The van der Waals surface area contributed by atoms with Crippen LogP contribution in [0.5, 0.6) is 17.2 Å². The predicted octanol–water partition coefficient (Wildman–Crippen LogP) is 6.73. The van der Waals surface area contributed by atoms with Crippen molar-refractivity contribution < 1.29 is 13.3 Å². The van der Waals surface area contributed by atoms with Crippen LogP contribution in [0.3, 0.4) is 0 Å². The van der Waals surface area contributed by atoms with E-state index in [9.17, 15) is 0 Å². The highest BCUT2D eigenvalue weighted by atomic mass is 28.4. The molecule has 0 aliphatic heterocycles. The standard InChI is InChI=1S/C36H36O3Si3/c1-7-40(8-2,34-22-16-13-17-23-34)37-31-28-32(38-41(9-3,10-4)35-24-18-14-19-25-35)30-33(29-31)39-42(11-5,12-6)36-26-20-15-21-27-36/h7-30H,1-6H2. The molecule has 0 heterocycles. The molecule has 3 nitrogen and oxygen atoms in total. The highest BCUT2D eigenvalue weighted by Gasteiger charge is 2.37. The van der Waals surface area contributed by atoms with E-state index >= 15 is 0 Å². The molecule has 4 rings (SSSR count). The summed E-state index contributed by atoms with van der Waals surface area (Å²) in [6, 6.07) is 35.8. The van der Waals surface area contributed by atoms with E-state index in [-0.39, 0.29) is 0 Å². The average Bonchev–Trinajstić information content (AvgIpc) is 3.06. The van der Waals surface area contributed by atoms with Crippen LogP contribution in [0, 0.1) is 0 Å². The number of benzene rings is 4. The molecule has 0 bridgehead atoms. The molecule has 0 saturated heterocycles. The summed E-state index contributed by atoms with van der Waals surface area (Å²) in [6.07, 6.45) is 0. The minimum atomic E-state index is -2.83. The number of hydrogen-bond acceptors (Lipinski definition) is 3. The second-order valence-electron chi connectivity index (χ2n) is 9.65. The normalized spacial score (nSPS) is 11.4. The van der Waals surface area contributed by atoms with Gasteiger partial charge in [0.2, 0.25) is 0 Å². The van der Waals surface area contributed by atoms with Gasteiger partial charge in [-0.2, -0.15) is 0 Å². The summed E-state index contributed by atoms with van der Waals surface area (Å²) in [7, 11) is -8.48. The molecule has 0 fully saturated rings. The molecule has 0 spiro atoms. The smallest absolute Gasteiger partial charge is 0.331 e. The molecule has 0 unspecified atom stereocenters. The third kappa shape index (κ3) is 6.16. The van der Waals surface area contributed by atoms with Gasteiger partial charge in [-0.3, -0.25) is 0 Å². The molecule has 0 radical (unpaired) electrons. The van der Waals surface area contributed by atoms with Gasteiger partial charge in [-0.15, -0.1) is 39.5 Å². The summed E-state index contributed by atoms with van der Waals surface area (Å²) in [5, 5.41) is 3.08. The molecule has 0 saturated carbocycles. The third-order valence-electron chi connectivity index (χ3n) is 7.21. The van der Waals surface area contributed by atoms with Gasteiger partial charge in [-0.05, 0) is 15.6 Å². The van der Waals surface area contributed by atoms with Crippen molar-refractivity contribution in [2.45, 2.75) is 0 Å². The molecular formula is C36H36O3Si3. The quantitative estimate of drug-likeness (QED) is 0.142. The summed E-state index contributed by atoms with van der Waals surface area (Å²) in [5.74, 6) is 1.72. The van der Waals surface area contributed by atoms with E-state index in [1.807, 2.05) is 143 Å². The van der Waals surface area contributed by atoms with E-state index in [2.05, 4.69) is 39.5 Å². The largest absolute Gasteiger partial charge is 0.531 e. The SMILES string of the molecule is C=C[Si](C=C)(Oc1cc(O[Si](C=C)(C=C)c2ccccc2)cc(O[Si](C=C)(C=C)c2ccccc2)c1)c1ccccc1. The van der Waals surface area contributed by atoms with Gasteiger partial charge in [0.1, 0.15) is 17.2 Å². The van der Waals surface area contributed by atoms with Gasteiger partial charge in [0.15, 0.2) is 0 Å². The summed E-state index contributed by atoms with van der Waals surface area (Å²) >= 11 is 0. The van der Waals surface area contributed by atoms with Gasteiger partial charge in [-0.25, -0.2) is 0 Å². The lowest BCUT2D eigenvalue weighted by atomic mass is 10.3. The molecule has 0 N–H and O–H groups in total. The Bertz CT molecular complexity index is 1340. The lowest BCUT2D eigenvalue weighted by molar-refractivity contribution is 0.526.